The lowest BCUT2D eigenvalue weighted by atomic mass is 9.79. The molecule has 3 N–H and O–H groups in total. The first kappa shape index (κ1) is 65.8. The normalized spacial score (nSPS) is 20.4. The van der Waals surface area contributed by atoms with E-state index in [0.29, 0.717) is 18.1 Å². The predicted molar refractivity (Wildman–Crippen MR) is 330 cm³/mol. The molecule has 0 bridgehead atoms. The van der Waals surface area contributed by atoms with Crippen molar-refractivity contribution in [2.24, 2.45) is 0 Å². The van der Waals surface area contributed by atoms with E-state index in [9.17, 15) is 0 Å². The van der Waals surface area contributed by atoms with Gasteiger partial charge in [0.1, 0.15) is 0 Å². The molecule has 4 rings (SSSR count). The van der Waals surface area contributed by atoms with Gasteiger partial charge in [0, 0.05) is 71.0 Å². The van der Waals surface area contributed by atoms with Crippen molar-refractivity contribution in [1.82, 2.24) is 30.9 Å². The molecule has 0 radical (unpaired) electrons. The monoisotopic (exact) mass is 1050 g/mol. The molecule has 0 spiro atoms. The molecule has 1 aromatic heterocycles. The molecule has 75 heavy (non-hydrogen) atoms. The van der Waals surface area contributed by atoms with Crippen LogP contribution in [0.2, 0.25) is 0 Å². The Balaban J connectivity index is 1.81. The smallest absolute Gasteiger partial charge is 0.232 e. The average Bonchev–Trinajstić information content (AvgIpc) is 3.28. The van der Waals surface area contributed by atoms with Crippen LogP contribution in [-0.4, -0.2) is 85.9 Å². The summed E-state index contributed by atoms with van der Waals surface area (Å²) in [5.74, 6) is 2.81. The highest BCUT2D eigenvalue weighted by atomic mass is 15.4. The Hall–Kier alpha value is -1.71. The van der Waals surface area contributed by atoms with Gasteiger partial charge in [-0.1, -0.05) is 194 Å². The highest BCUT2D eigenvalue weighted by molar-refractivity contribution is 5.49. The van der Waals surface area contributed by atoms with Crippen molar-refractivity contribution >= 4 is 17.8 Å². The number of nitrogens with one attached hydrogen (secondary N) is 3. The van der Waals surface area contributed by atoms with Gasteiger partial charge in [-0.3, -0.25) is 0 Å². The quantitative estimate of drug-likeness (QED) is 0.0558. The van der Waals surface area contributed by atoms with Crippen molar-refractivity contribution < 1.29 is 0 Å². The Kier molecular flexibility index (Phi) is 28.5. The van der Waals surface area contributed by atoms with E-state index in [-0.39, 0.29) is 33.2 Å². The van der Waals surface area contributed by atoms with Crippen molar-refractivity contribution in [2.75, 3.05) is 34.3 Å². The number of piperidine rings is 3. The van der Waals surface area contributed by atoms with Crippen LogP contribution in [0.5, 0.6) is 0 Å². The first-order valence-electron chi connectivity index (χ1n) is 32.9. The van der Waals surface area contributed by atoms with Gasteiger partial charge in [-0.2, -0.15) is 15.0 Å². The van der Waals surface area contributed by atoms with Crippen molar-refractivity contribution in [3.8, 4) is 0 Å². The molecule has 0 amide bonds. The zero-order valence-corrected chi connectivity index (χ0v) is 53.0. The third-order valence-electron chi connectivity index (χ3n) is 17.5. The van der Waals surface area contributed by atoms with Crippen molar-refractivity contribution in [3.63, 3.8) is 0 Å². The minimum atomic E-state index is 0.00272. The molecule has 1 aromatic rings. The van der Waals surface area contributed by atoms with E-state index in [4.69, 9.17) is 15.0 Å². The Bertz CT molecular complexity index is 1420. The summed E-state index contributed by atoms with van der Waals surface area (Å²) >= 11 is 0. The third kappa shape index (κ3) is 25.5. The number of hydrogen-bond acceptors (Lipinski definition) is 9. The summed E-state index contributed by atoms with van der Waals surface area (Å²) in [7, 11) is 0. The van der Waals surface area contributed by atoms with Gasteiger partial charge in [0.2, 0.25) is 17.8 Å². The van der Waals surface area contributed by atoms with Gasteiger partial charge in [0.15, 0.2) is 0 Å². The summed E-state index contributed by atoms with van der Waals surface area (Å²) in [5, 5.41) is 12.1. The van der Waals surface area contributed by atoms with Crippen molar-refractivity contribution in [3.05, 3.63) is 0 Å². The fourth-order valence-corrected chi connectivity index (χ4v) is 14.8. The number of unbranched alkanes of at least 4 members (excludes halogenated alkanes) is 27. The van der Waals surface area contributed by atoms with Crippen LogP contribution in [-0.2, 0) is 0 Å². The maximum absolute atomic E-state index is 5.89. The molecule has 3 aliphatic rings. The fraction of sp³-hybridized carbons (Fsp3) is 0.955. The van der Waals surface area contributed by atoms with E-state index in [2.05, 4.69) is 135 Å². The van der Waals surface area contributed by atoms with Crippen molar-refractivity contribution in [2.45, 2.75) is 386 Å². The molecule has 0 atom stereocenters. The highest BCUT2D eigenvalue weighted by Crippen LogP contribution is 2.39. The van der Waals surface area contributed by atoms with Gasteiger partial charge in [0.25, 0.3) is 0 Å². The molecule has 0 aliphatic carbocycles. The minimum absolute atomic E-state index is 0.00272. The Morgan fingerprint density at radius 3 is 0.613 bits per heavy atom. The molecule has 9 nitrogen and oxygen atoms in total. The van der Waals surface area contributed by atoms with Crippen molar-refractivity contribution in [1.29, 1.82) is 0 Å². The van der Waals surface area contributed by atoms with Crippen LogP contribution in [0.25, 0.3) is 0 Å². The van der Waals surface area contributed by atoms with E-state index < -0.39 is 0 Å². The molecule has 3 fully saturated rings. The zero-order valence-electron chi connectivity index (χ0n) is 53.0. The second-order valence-corrected chi connectivity index (χ2v) is 29.2. The lowest BCUT2D eigenvalue weighted by Crippen LogP contribution is -2.63. The number of anilines is 3. The van der Waals surface area contributed by atoms with Crippen LogP contribution in [0.15, 0.2) is 0 Å². The first-order valence-corrected chi connectivity index (χ1v) is 32.9. The number of rotatable bonds is 39. The molecular formula is C66H129N9. The topological polar surface area (TPSA) is 84.5 Å². The van der Waals surface area contributed by atoms with Gasteiger partial charge >= 0.3 is 0 Å². The van der Waals surface area contributed by atoms with Crippen LogP contribution in [0, 0.1) is 0 Å². The molecule has 0 saturated carbocycles. The maximum atomic E-state index is 5.89. The Labute approximate surface area is 467 Å². The van der Waals surface area contributed by atoms with E-state index in [1.165, 1.54) is 193 Å². The van der Waals surface area contributed by atoms with Gasteiger partial charge in [-0.05, 0) is 141 Å². The molecule has 0 unspecified atom stereocenters. The average molecular weight is 1050 g/mol. The lowest BCUT2D eigenvalue weighted by Gasteiger charge is -2.51. The Morgan fingerprint density at radius 2 is 0.440 bits per heavy atom. The van der Waals surface area contributed by atoms with Gasteiger partial charge in [0.05, 0.1) is 0 Å². The standard InChI is InChI=1S/C66H129N9/c1-16-19-22-25-28-31-34-37-40-43-46-73(55-49-61(4,5)70-62(6,7)50-55)58-67-59(74(56-51-63(8,9)71-64(10,11)52-56)47-44-41-38-35-32-29-26-23-20-17-2)69-60(68-58)75(57-53-65(12,13)72-66(14,15)54-57)48-45-42-39-36-33-30-27-24-21-18-3/h55-57,70-72H,16-54H2,1-15H3. The second kappa shape index (κ2) is 32.5. The summed E-state index contributed by atoms with van der Waals surface area (Å²) in [6, 6.07) is 0.992. The predicted octanol–water partition coefficient (Wildman–Crippen LogP) is 18.0. The summed E-state index contributed by atoms with van der Waals surface area (Å²) < 4.78 is 0. The maximum Gasteiger partial charge on any atom is 0.232 e. The lowest BCUT2D eigenvalue weighted by molar-refractivity contribution is 0.156. The van der Waals surface area contributed by atoms with Crippen LogP contribution in [0.4, 0.5) is 17.8 Å². The van der Waals surface area contributed by atoms with Gasteiger partial charge < -0.3 is 30.7 Å². The van der Waals surface area contributed by atoms with Gasteiger partial charge in [-0.15, -0.1) is 0 Å². The minimum Gasteiger partial charge on any atom is -0.338 e. The fourth-order valence-electron chi connectivity index (χ4n) is 14.8. The first-order chi connectivity index (χ1) is 35.5. The van der Waals surface area contributed by atoms with E-state index >= 15 is 0 Å². The molecule has 438 valence electrons. The zero-order chi connectivity index (χ0) is 55.0. The summed E-state index contributed by atoms with van der Waals surface area (Å²) in [6.45, 7) is 39.0. The third-order valence-corrected chi connectivity index (χ3v) is 17.5. The highest BCUT2D eigenvalue weighted by Gasteiger charge is 2.45. The number of aromatic nitrogens is 3. The van der Waals surface area contributed by atoms with Crippen LogP contribution in [0.3, 0.4) is 0 Å². The van der Waals surface area contributed by atoms with E-state index in [1.807, 2.05) is 0 Å². The SMILES string of the molecule is CCCCCCCCCCCCN(c1nc(N(CCCCCCCCCCCC)C2CC(C)(C)NC(C)(C)C2)nc(N(CCCCCCCCCCCC)C2CC(C)(C)NC(C)(C)C2)n1)C1CC(C)(C)NC(C)(C)C1. The van der Waals surface area contributed by atoms with E-state index in [1.54, 1.807) is 0 Å². The molecule has 9 heteroatoms. The largest absolute Gasteiger partial charge is 0.338 e. The van der Waals surface area contributed by atoms with Gasteiger partial charge in [-0.25, -0.2) is 0 Å². The van der Waals surface area contributed by atoms with Crippen LogP contribution in [0.1, 0.15) is 335 Å². The van der Waals surface area contributed by atoms with Crippen LogP contribution < -0.4 is 30.7 Å². The van der Waals surface area contributed by atoms with E-state index in [0.717, 1.165) is 76.0 Å². The summed E-state index contributed by atoms with van der Waals surface area (Å²) in [4.78, 5) is 25.9. The number of nitrogens with zero attached hydrogens (tertiary/aromatic N) is 6. The molecule has 0 aromatic carbocycles. The molecule has 4 heterocycles. The second-order valence-electron chi connectivity index (χ2n) is 29.2. The molecular weight excluding hydrogens is 919 g/mol. The summed E-state index contributed by atoms with van der Waals surface area (Å²) in [6.07, 6.45) is 46.6. The Morgan fingerprint density at radius 1 is 0.280 bits per heavy atom. The number of hydrogen-bond donors (Lipinski definition) is 3. The molecule has 3 saturated heterocycles. The summed E-state index contributed by atoms with van der Waals surface area (Å²) in [5.41, 5.74) is 0.0163. The molecule has 3 aliphatic heterocycles. The van der Waals surface area contributed by atoms with Crippen LogP contribution >= 0.6 is 0 Å².